The molecular formula is C23H18F3N6O3. The molecule has 12 heteroatoms. The lowest BCUT2D eigenvalue weighted by molar-refractivity contribution is -0.138. The van der Waals surface area contributed by atoms with Gasteiger partial charge >= 0.3 is 6.18 Å². The number of alkyl halides is 3. The standard InChI is InChI=1S/C23H18F3N6O3/c24-23(25,26)16-7-13(8-30-21(16)27)18-9-29-19-6-5-17(31-32(18)19)12-1-3-15(4-2-12)34-10-14-11-35-20(14)22(28)33/h1-9,20H,10-11H2,(H2,27,30)(H2,28,33). The van der Waals surface area contributed by atoms with Gasteiger partial charge in [-0.3, -0.25) is 4.79 Å². The molecule has 4 aromatic rings. The molecule has 9 nitrogen and oxygen atoms in total. The Morgan fingerprint density at radius 3 is 2.54 bits per heavy atom. The number of pyridine rings is 1. The van der Waals surface area contributed by atoms with Gasteiger partial charge in [0.2, 0.25) is 5.91 Å². The smallest absolute Gasteiger partial charge is 0.419 e. The van der Waals surface area contributed by atoms with Crippen LogP contribution in [0.1, 0.15) is 5.56 Å². The second-order valence-corrected chi connectivity index (χ2v) is 7.85. The SMILES string of the molecule is NC(=O)C1OC[C]1COc1ccc(-c2ccc3ncc(-c4cnc(N)c(C(F)(F)F)c4)n3n2)cc1. The van der Waals surface area contributed by atoms with Crippen LogP contribution in [0.15, 0.2) is 54.9 Å². The van der Waals surface area contributed by atoms with Gasteiger partial charge in [0.05, 0.1) is 42.3 Å². The second kappa shape index (κ2) is 8.55. The topological polar surface area (TPSA) is 131 Å². The molecule has 4 heterocycles. The van der Waals surface area contributed by atoms with Crippen LogP contribution in [0.25, 0.3) is 28.2 Å². The summed E-state index contributed by atoms with van der Waals surface area (Å²) in [5.41, 5.74) is 11.9. The van der Waals surface area contributed by atoms with Gasteiger partial charge in [-0.1, -0.05) is 0 Å². The van der Waals surface area contributed by atoms with Gasteiger partial charge in [0, 0.05) is 17.3 Å². The maximum Gasteiger partial charge on any atom is 0.419 e. The number of rotatable bonds is 6. The molecule has 1 saturated heterocycles. The normalized spacial score (nSPS) is 16.3. The van der Waals surface area contributed by atoms with Crippen molar-refractivity contribution >= 4 is 17.4 Å². The molecule has 1 aromatic carbocycles. The van der Waals surface area contributed by atoms with Crippen LogP contribution in [0.4, 0.5) is 19.0 Å². The van der Waals surface area contributed by atoms with Gasteiger partial charge in [-0.15, -0.1) is 0 Å². The van der Waals surface area contributed by atoms with Crippen molar-refractivity contribution in [3.63, 3.8) is 0 Å². The molecule has 35 heavy (non-hydrogen) atoms. The molecular weight excluding hydrogens is 465 g/mol. The van der Waals surface area contributed by atoms with E-state index >= 15 is 0 Å². The van der Waals surface area contributed by atoms with Gasteiger partial charge in [-0.25, -0.2) is 14.5 Å². The van der Waals surface area contributed by atoms with Crippen molar-refractivity contribution in [3.8, 4) is 28.3 Å². The zero-order valence-electron chi connectivity index (χ0n) is 18.0. The van der Waals surface area contributed by atoms with Gasteiger partial charge in [-0.05, 0) is 42.5 Å². The average Bonchev–Trinajstić information content (AvgIpc) is 3.21. The number of carbonyl (C=O) groups excluding carboxylic acids is 1. The van der Waals surface area contributed by atoms with E-state index in [0.717, 1.165) is 17.5 Å². The second-order valence-electron chi connectivity index (χ2n) is 7.85. The number of anilines is 1. The molecule has 1 fully saturated rings. The first-order valence-electron chi connectivity index (χ1n) is 10.4. The van der Waals surface area contributed by atoms with E-state index < -0.39 is 29.6 Å². The fourth-order valence-electron chi connectivity index (χ4n) is 3.65. The number of halogens is 3. The summed E-state index contributed by atoms with van der Waals surface area (Å²) in [6.07, 6.45) is -2.67. The number of benzene rings is 1. The average molecular weight is 483 g/mol. The molecule has 1 atom stereocenters. The number of primary amides is 1. The number of nitrogens with two attached hydrogens (primary N) is 2. The fourth-order valence-corrected chi connectivity index (χ4v) is 3.65. The van der Waals surface area contributed by atoms with Gasteiger partial charge in [-0.2, -0.15) is 18.3 Å². The summed E-state index contributed by atoms with van der Waals surface area (Å²) in [6, 6.07) is 11.5. The fraction of sp³-hybridized carbons (Fsp3) is 0.174. The number of carbonyl (C=O) groups is 1. The molecule has 3 aromatic heterocycles. The number of ether oxygens (including phenoxy) is 2. The Labute approximate surface area is 196 Å². The van der Waals surface area contributed by atoms with Crippen molar-refractivity contribution in [2.24, 2.45) is 5.73 Å². The largest absolute Gasteiger partial charge is 0.493 e. The minimum absolute atomic E-state index is 0.180. The molecule has 0 spiro atoms. The predicted molar refractivity (Wildman–Crippen MR) is 119 cm³/mol. The van der Waals surface area contributed by atoms with E-state index in [9.17, 15) is 18.0 Å². The minimum Gasteiger partial charge on any atom is -0.493 e. The zero-order chi connectivity index (χ0) is 24.7. The summed E-state index contributed by atoms with van der Waals surface area (Å²) >= 11 is 0. The molecule has 0 bridgehead atoms. The van der Waals surface area contributed by atoms with E-state index in [2.05, 4.69) is 15.1 Å². The first-order valence-corrected chi connectivity index (χ1v) is 10.4. The number of imidazole rings is 1. The van der Waals surface area contributed by atoms with E-state index in [1.807, 2.05) is 0 Å². The van der Waals surface area contributed by atoms with Crippen LogP contribution >= 0.6 is 0 Å². The summed E-state index contributed by atoms with van der Waals surface area (Å²) in [4.78, 5) is 19.1. The third kappa shape index (κ3) is 4.35. The van der Waals surface area contributed by atoms with Crippen molar-refractivity contribution in [3.05, 3.63) is 66.3 Å². The molecule has 1 radical (unpaired) electrons. The highest BCUT2D eigenvalue weighted by atomic mass is 19.4. The third-order valence-electron chi connectivity index (χ3n) is 5.52. The zero-order valence-corrected chi connectivity index (χ0v) is 18.0. The van der Waals surface area contributed by atoms with Crippen LogP contribution in [0.3, 0.4) is 0 Å². The molecule has 4 N–H and O–H groups in total. The van der Waals surface area contributed by atoms with Crippen molar-refractivity contribution in [1.82, 2.24) is 19.6 Å². The van der Waals surface area contributed by atoms with Gasteiger partial charge in [0.25, 0.3) is 0 Å². The Bertz CT molecular complexity index is 1400. The summed E-state index contributed by atoms with van der Waals surface area (Å²) in [6.45, 7) is 0.544. The number of hydrogen-bond acceptors (Lipinski definition) is 7. The third-order valence-corrected chi connectivity index (χ3v) is 5.52. The number of hydrogen-bond donors (Lipinski definition) is 2. The first kappa shape index (κ1) is 22.6. The van der Waals surface area contributed by atoms with Gasteiger partial charge in [0.1, 0.15) is 17.7 Å². The highest BCUT2D eigenvalue weighted by Crippen LogP contribution is 2.35. The Morgan fingerprint density at radius 1 is 1.11 bits per heavy atom. The Hall–Kier alpha value is -4.19. The van der Waals surface area contributed by atoms with Crippen molar-refractivity contribution < 1.29 is 27.4 Å². The molecule has 0 saturated carbocycles. The summed E-state index contributed by atoms with van der Waals surface area (Å²) in [5, 5.41) is 4.55. The Morgan fingerprint density at radius 2 is 1.89 bits per heavy atom. The molecule has 1 unspecified atom stereocenters. The maximum atomic E-state index is 13.3. The van der Waals surface area contributed by atoms with Crippen LogP contribution in [0, 0.1) is 5.92 Å². The van der Waals surface area contributed by atoms with E-state index in [-0.39, 0.29) is 12.2 Å². The maximum absolute atomic E-state index is 13.3. The lowest BCUT2D eigenvalue weighted by atomic mass is 9.98. The number of nitrogens with zero attached hydrogens (tertiary/aromatic N) is 4. The quantitative estimate of drug-likeness (QED) is 0.431. The van der Waals surface area contributed by atoms with Gasteiger partial charge in [0.15, 0.2) is 5.65 Å². The first-order chi connectivity index (χ1) is 16.7. The predicted octanol–water partition coefficient (Wildman–Crippen LogP) is 2.90. The highest BCUT2D eigenvalue weighted by molar-refractivity contribution is 5.82. The summed E-state index contributed by atoms with van der Waals surface area (Å²) in [5.74, 6) is 0.204. The number of nitrogen functional groups attached to an aromatic ring is 1. The van der Waals surface area contributed by atoms with Crippen LogP contribution in [0.5, 0.6) is 5.75 Å². The molecule has 0 aliphatic carbocycles. The molecule has 1 aliphatic rings. The van der Waals surface area contributed by atoms with Crippen molar-refractivity contribution in [2.75, 3.05) is 18.9 Å². The highest BCUT2D eigenvalue weighted by Gasteiger charge is 2.38. The number of fused-ring (bicyclic) bond motifs is 1. The number of amides is 1. The summed E-state index contributed by atoms with van der Waals surface area (Å²) in [7, 11) is 0. The van der Waals surface area contributed by atoms with E-state index in [0.29, 0.717) is 29.4 Å². The van der Waals surface area contributed by atoms with Crippen LogP contribution < -0.4 is 16.2 Å². The van der Waals surface area contributed by atoms with Crippen molar-refractivity contribution in [1.29, 1.82) is 0 Å². The molecule has 5 rings (SSSR count). The van der Waals surface area contributed by atoms with Crippen LogP contribution in [0.2, 0.25) is 0 Å². The van der Waals surface area contributed by atoms with Crippen LogP contribution in [-0.2, 0) is 15.7 Å². The lowest BCUT2D eigenvalue weighted by Gasteiger charge is -2.33. The lowest BCUT2D eigenvalue weighted by Crippen LogP contribution is -2.49. The summed E-state index contributed by atoms with van der Waals surface area (Å²) < 4.78 is 52.1. The van der Waals surface area contributed by atoms with Crippen molar-refractivity contribution in [2.45, 2.75) is 12.3 Å². The number of aromatic nitrogens is 4. The molecule has 1 amide bonds. The van der Waals surface area contributed by atoms with Crippen LogP contribution in [-0.4, -0.2) is 44.8 Å². The van der Waals surface area contributed by atoms with Gasteiger partial charge < -0.3 is 20.9 Å². The van der Waals surface area contributed by atoms with E-state index in [1.54, 1.807) is 36.4 Å². The monoisotopic (exact) mass is 483 g/mol. The Balaban J connectivity index is 1.39. The molecule has 179 valence electrons. The molecule has 1 aliphatic heterocycles. The van der Waals surface area contributed by atoms with E-state index in [1.165, 1.54) is 16.9 Å². The van der Waals surface area contributed by atoms with E-state index in [4.69, 9.17) is 20.9 Å². The Kier molecular flexibility index (Phi) is 5.52. The minimum atomic E-state index is -4.64.